The monoisotopic (exact) mass is 159 g/mol. The summed E-state index contributed by atoms with van der Waals surface area (Å²) in [6.07, 6.45) is -1.71. The number of ether oxygens (including phenoxy) is 1. The normalized spacial score (nSPS) is 36.7. The van der Waals surface area contributed by atoms with Crippen molar-refractivity contribution < 1.29 is 14.9 Å². The van der Waals surface area contributed by atoms with Gasteiger partial charge in [-0.2, -0.15) is 0 Å². The molecule has 1 rings (SSSR count). The van der Waals surface area contributed by atoms with Gasteiger partial charge in [-0.15, -0.1) is 0 Å². The van der Waals surface area contributed by atoms with Crippen LogP contribution in [-0.4, -0.2) is 35.3 Å². The van der Waals surface area contributed by atoms with Gasteiger partial charge in [0.1, 0.15) is 12.3 Å². The molecular formula is C5H9N3O3. The minimum absolute atomic E-state index is 0.251. The molecule has 1 saturated heterocycles. The fraction of sp³-hybridized carbons (Fsp3) is 1.00. The molecule has 11 heavy (non-hydrogen) atoms. The number of aliphatic hydroxyl groups is 2. The highest BCUT2D eigenvalue weighted by molar-refractivity contribution is 4.80. The third kappa shape index (κ3) is 1.81. The van der Waals surface area contributed by atoms with Crippen molar-refractivity contribution in [3.05, 3.63) is 10.4 Å². The third-order valence-corrected chi connectivity index (χ3v) is 1.56. The van der Waals surface area contributed by atoms with Crippen molar-refractivity contribution in [2.75, 3.05) is 6.61 Å². The molecule has 0 aromatic heterocycles. The SMILES string of the molecule is [N-]=[N+]=N[C@H]1C[C@@H](O)[C@@H](CO)O1. The van der Waals surface area contributed by atoms with E-state index in [2.05, 4.69) is 10.0 Å². The lowest BCUT2D eigenvalue weighted by molar-refractivity contribution is -0.0198. The van der Waals surface area contributed by atoms with E-state index >= 15 is 0 Å². The van der Waals surface area contributed by atoms with Crippen molar-refractivity contribution in [3.63, 3.8) is 0 Å². The highest BCUT2D eigenvalue weighted by Gasteiger charge is 2.32. The zero-order valence-corrected chi connectivity index (χ0v) is 5.79. The van der Waals surface area contributed by atoms with Gasteiger partial charge in [-0.3, -0.25) is 0 Å². The third-order valence-electron chi connectivity index (χ3n) is 1.56. The molecule has 0 aromatic carbocycles. The Labute approximate surface area is 63.0 Å². The molecule has 0 aromatic rings. The van der Waals surface area contributed by atoms with Gasteiger partial charge < -0.3 is 14.9 Å². The molecule has 1 aliphatic rings. The summed E-state index contributed by atoms with van der Waals surface area (Å²) in [6, 6.07) is 0. The summed E-state index contributed by atoms with van der Waals surface area (Å²) < 4.78 is 4.94. The zero-order chi connectivity index (χ0) is 8.27. The van der Waals surface area contributed by atoms with Crippen LogP contribution < -0.4 is 0 Å². The molecule has 0 saturated carbocycles. The number of azide groups is 1. The van der Waals surface area contributed by atoms with E-state index < -0.39 is 18.4 Å². The molecule has 0 aliphatic carbocycles. The van der Waals surface area contributed by atoms with E-state index in [1.54, 1.807) is 0 Å². The standard InChI is InChI=1S/C5H9N3O3/c6-8-7-5-1-3(10)4(2-9)11-5/h3-5,9-10H,1-2H2/t3-,4-,5-/m1/s1. The predicted octanol–water partition coefficient (Wildman–Crippen LogP) is -0.235. The van der Waals surface area contributed by atoms with Crippen molar-refractivity contribution in [2.45, 2.75) is 24.9 Å². The number of rotatable bonds is 2. The summed E-state index contributed by atoms with van der Waals surface area (Å²) in [7, 11) is 0. The first-order valence-corrected chi connectivity index (χ1v) is 3.26. The summed E-state index contributed by atoms with van der Waals surface area (Å²) in [5.41, 5.74) is 8.01. The van der Waals surface area contributed by atoms with Gasteiger partial charge in [0, 0.05) is 11.3 Å². The Balaban J connectivity index is 2.48. The zero-order valence-electron chi connectivity index (χ0n) is 5.79. The molecule has 62 valence electrons. The van der Waals surface area contributed by atoms with Gasteiger partial charge in [-0.25, -0.2) is 0 Å². The molecule has 0 unspecified atom stereocenters. The van der Waals surface area contributed by atoms with Gasteiger partial charge in [-0.1, -0.05) is 5.11 Å². The lowest BCUT2D eigenvalue weighted by atomic mass is 10.2. The Hall–Kier alpha value is -0.810. The van der Waals surface area contributed by atoms with Crippen LogP contribution in [0.25, 0.3) is 10.4 Å². The van der Waals surface area contributed by atoms with Crippen LogP contribution in [0, 0.1) is 0 Å². The first kappa shape index (κ1) is 8.29. The molecular weight excluding hydrogens is 150 g/mol. The van der Waals surface area contributed by atoms with Gasteiger partial charge in [0.15, 0.2) is 0 Å². The molecule has 2 N–H and O–H groups in total. The summed E-state index contributed by atoms with van der Waals surface area (Å²) in [5, 5.41) is 21.0. The Morgan fingerprint density at radius 1 is 1.73 bits per heavy atom. The summed E-state index contributed by atoms with van der Waals surface area (Å²) in [4.78, 5) is 2.53. The van der Waals surface area contributed by atoms with E-state index in [9.17, 15) is 0 Å². The molecule has 0 amide bonds. The van der Waals surface area contributed by atoms with Gasteiger partial charge >= 0.3 is 0 Å². The number of aliphatic hydroxyl groups excluding tert-OH is 2. The maximum Gasteiger partial charge on any atom is 0.139 e. The second-order valence-electron chi connectivity index (χ2n) is 2.32. The topological polar surface area (TPSA) is 98.5 Å². The van der Waals surface area contributed by atoms with Crippen LogP contribution in [0.2, 0.25) is 0 Å². The van der Waals surface area contributed by atoms with Crippen LogP contribution in [-0.2, 0) is 4.74 Å². The van der Waals surface area contributed by atoms with Crippen molar-refractivity contribution >= 4 is 0 Å². The van der Waals surface area contributed by atoms with E-state index in [0.717, 1.165) is 0 Å². The van der Waals surface area contributed by atoms with Crippen LogP contribution in [0.5, 0.6) is 0 Å². The van der Waals surface area contributed by atoms with Crippen LogP contribution in [0.4, 0.5) is 0 Å². The smallest absolute Gasteiger partial charge is 0.139 e. The first-order chi connectivity index (χ1) is 5.27. The Bertz CT molecular complexity index is 180. The van der Waals surface area contributed by atoms with Crippen molar-refractivity contribution in [1.29, 1.82) is 0 Å². The van der Waals surface area contributed by atoms with Gasteiger partial charge in [0.2, 0.25) is 0 Å². The average molecular weight is 159 g/mol. The molecule has 6 heteroatoms. The number of hydrogen-bond donors (Lipinski definition) is 2. The summed E-state index contributed by atoms with van der Waals surface area (Å²) in [6.45, 7) is -0.251. The van der Waals surface area contributed by atoms with E-state index in [-0.39, 0.29) is 13.0 Å². The van der Waals surface area contributed by atoms with Crippen LogP contribution in [0.3, 0.4) is 0 Å². The molecule has 1 heterocycles. The Morgan fingerprint density at radius 3 is 2.91 bits per heavy atom. The number of nitrogens with zero attached hydrogens (tertiary/aromatic N) is 3. The number of hydrogen-bond acceptors (Lipinski definition) is 4. The fourth-order valence-electron chi connectivity index (χ4n) is 1.00. The van der Waals surface area contributed by atoms with E-state index in [1.807, 2.05) is 0 Å². The van der Waals surface area contributed by atoms with Crippen molar-refractivity contribution in [3.8, 4) is 0 Å². The Kier molecular flexibility index (Phi) is 2.67. The quantitative estimate of drug-likeness (QED) is 0.330. The molecule has 0 spiro atoms. The van der Waals surface area contributed by atoms with Gasteiger partial charge in [0.25, 0.3) is 0 Å². The van der Waals surface area contributed by atoms with E-state index in [1.165, 1.54) is 0 Å². The van der Waals surface area contributed by atoms with Gasteiger partial charge in [0.05, 0.1) is 12.7 Å². The summed E-state index contributed by atoms with van der Waals surface area (Å²) in [5.74, 6) is 0. The second-order valence-corrected chi connectivity index (χ2v) is 2.32. The first-order valence-electron chi connectivity index (χ1n) is 3.26. The lowest BCUT2D eigenvalue weighted by Crippen LogP contribution is -2.24. The van der Waals surface area contributed by atoms with Crippen LogP contribution in [0.1, 0.15) is 6.42 Å². The van der Waals surface area contributed by atoms with Gasteiger partial charge in [-0.05, 0) is 5.53 Å². The summed E-state index contributed by atoms with van der Waals surface area (Å²) >= 11 is 0. The highest BCUT2D eigenvalue weighted by atomic mass is 16.5. The maximum atomic E-state index is 9.12. The lowest BCUT2D eigenvalue weighted by Gasteiger charge is -2.08. The minimum Gasteiger partial charge on any atom is -0.394 e. The molecule has 6 nitrogen and oxygen atoms in total. The van der Waals surface area contributed by atoms with Crippen molar-refractivity contribution in [1.82, 2.24) is 0 Å². The Morgan fingerprint density at radius 2 is 2.45 bits per heavy atom. The molecule has 1 fully saturated rings. The largest absolute Gasteiger partial charge is 0.394 e. The molecule has 0 radical (unpaired) electrons. The predicted molar refractivity (Wildman–Crippen MR) is 35.5 cm³/mol. The molecule has 3 atom stereocenters. The van der Waals surface area contributed by atoms with Crippen molar-refractivity contribution in [2.24, 2.45) is 5.11 Å². The molecule has 0 bridgehead atoms. The average Bonchev–Trinajstić information content (AvgIpc) is 2.32. The maximum absolute atomic E-state index is 9.12. The van der Waals surface area contributed by atoms with Crippen LogP contribution in [0.15, 0.2) is 5.11 Å². The van der Waals surface area contributed by atoms with E-state index in [4.69, 9.17) is 20.5 Å². The molecule has 1 aliphatic heterocycles. The minimum atomic E-state index is -0.726. The van der Waals surface area contributed by atoms with E-state index in [0.29, 0.717) is 0 Å². The van der Waals surface area contributed by atoms with Crippen LogP contribution >= 0.6 is 0 Å². The second kappa shape index (κ2) is 3.54. The fourth-order valence-corrected chi connectivity index (χ4v) is 1.00. The highest BCUT2D eigenvalue weighted by Crippen LogP contribution is 2.20.